The Labute approximate surface area is 312 Å². The van der Waals surface area contributed by atoms with Gasteiger partial charge in [0.25, 0.3) is 0 Å². The number of hydrogen-bond donors (Lipinski definition) is 0. The number of rotatable bonds is 10. The van der Waals surface area contributed by atoms with Crippen LogP contribution in [0.4, 0.5) is 28.4 Å². The Morgan fingerprint density at radius 1 is 0.528 bits per heavy atom. The molecular formula is C49H42N2O2. The maximum Gasteiger partial charge on any atom is 0.119 e. The molecule has 0 N–H and O–H groups in total. The minimum Gasteiger partial charge on any atom is -0.497 e. The molecule has 0 amide bonds. The number of methoxy groups -OCH3 is 2. The van der Waals surface area contributed by atoms with Crippen LogP contribution in [0.15, 0.2) is 206 Å². The molecule has 0 radical (unpaired) electrons. The van der Waals surface area contributed by atoms with Crippen LogP contribution in [0, 0.1) is 0 Å². The van der Waals surface area contributed by atoms with Gasteiger partial charge in [-0.25, -0.2) is 0 Å². The van der Waals surface area contributed by atoms with E-state index in [1.54, 1.807) is 14.2 Å². The quantitative estimate of drug-likeness (QED) is 0.134. The van der Waals surface area contributed by atoms with Crippen molar-refractivity contribution in [3.8, 4) is 5.75 Å². The summed E-state index contributed by atoms with van der Waals surface area (Å²) >= 11 is 0. The van der Waals surface area contributed by atoms with Crippen molar-refractivity contribution in [3.05, 3.63) is 217 Å². The first kappa shape index (κ1) is 34.7. The summed E-state index contributed by atoms with van der Waals surface area (Å²) in [5.41, 5.74) is 9.55. The highest BCUT2D eigenvalue weighted by atomic mass is 16.5. The first-order valence-corrected chi connectivity index (χ1v) is 17.7. The number of fused-ring (bicyclic) bond motifs is 1. The van der Waals surface area contributed by atoms with Gasteiger partial charge in [0.05, 0.1) is 14.2 Å². The summed E-state index contributed by atoms with van der Waals surface area (Å²) in [6, 6.07) is 51.0. The van der Waals surface area contributed by atoms with Gasteiger partial charge in [-0.2, -0.15) is 0 Å². The lowest BCUT2D eigenvalue weighted by Gasteiger charge is -2.27. The first-order chi connectivity index (χ1) is 26.1. The van der Waals surface area contributed by atoms with Gasteiger partial charge in [0.15, 0.2) is 0 Å². The van der Waals surface area contributed by atoms with Crippen LogP contribution in [0.2, 0.25) is 0 Å². The molecule has 1 aliphatic carbocycles. The molecule has 6 aromatic carbocycles. The molecule has 0 atom stereocenters. The molecule has 260 valence electrons. The second kappa shape index (κ2) is 16.5. The van der Waals surface area contributed by atoms with Crippen molar-refractivity contribution in [1.29, 1.82) is 0 Å². The van der Waals surface area contributed by atoms with Gasteiger partial charge in [-0.3, -0.25) is 0 Å². The molecule has 0 saturated carbocycles. The Kier molecular flexibility index (Phi) is 10.8. The predicted octanol–water partition coefficient (Wildman–Crippen LogP) is 13.1. The number of nitrogens with zero attached hydrogens (tertiary/aromatic N) is 2. The van der Waals surface area contributed by atoms with Gasteiger partial charge in [0.1, 0.15) is 11.5 Å². The molecular weight excluding hydrogens is 649 g/mol. The lowest BCUT2D eigenvalue weighted by molar-refractivity contribution is 0.305. The number of ether oxygens (including phenoxy) is 2. The van der Waals surface area contributed by atoms with E-state index in [1.807, 2.05) is 30.4 Å². The number of anilines is 5. The van der Waals surface area contributed by atoms with Crippen LogP contribution in [0.1, 0.15) is 17.5 Å². The van der Waals surface area contributed by atoms with Gasteiger partial charge < -0.3 is 19.3 Å². The normalized spacial score (nSPS) is 15.2. The van der Waals surface area contributed by atoms with Crippen LogP contribution in [0.25, 0.3) is 22.9 Å². The van der Waals surface area contributed by atoms with E-state index in [4.69, 9.17) is 9.47 Å². The highest BCUT2D eigenvalue weighted by Gasteiger charge is 2.15. The Hall–Kier alpha value is -6.78. The van der Waals surface area contributed by atoms with Crippen molar-refractivity contribution < 1.29 is 9.47 Å². The molecule has 1 aliphatic rings. The SMILES string of the molecule is C=C1C=C(N(c2ccccc2)c2ccc(/C=C/c3ccc(N(c4ccccc4)c4ccc5cc(OC)ccc5c4)cc3)cc2)/C=C\C/C=C(OC)\C=C/1. The van der Waals surface area contributed by atoms with Gasteiger partial charge in [-0.15, -0.1) is 0 Å². The van der Waals surface area contributed by atoms with Crippen LogP contribution in [-0.4, -0.2) is 14.2 Å². The minimum absolute atomic E-state index is 0.758. The van der Waals surface area contributed by atoms with E-state index >= 15 is 0 Å². The van der Waals surface area contributed by atoms with E-state index in [0.717, 1.165) is 79.5 Å². The lowest BCUT2D eigenvalue weighted by Crippen LogP contribution is -2.15. The average Bonchev–Trinajstić information content (AvgIpc) is 3.21. The molecule has 0 fully saturated rings. The highest BCUT2D eigenvalue weighted by Crippen LogP contribution is 2.37. The third-order valence-corrected chi connectivity index (χ3v) is 9.12. The molecule has 4 nitrogen and oxygen atoms in total. The fourth-order valence-electron chi connectivity index (χ4n) is 6.39. The second-order valence-electron chi connectivity index (χ2n) is 12.7. The smallest absolute Gasteiger partial charge is 0.119 e. The average molecular weight is 691 g/mol. The van der Waals surface area contributed by atoms with Crippen molar-refractivity contribution in [1.82, 2.24) is 0 Å². The summed E-state index contributed by atoms with van der Waals surface area (Å²) in [6.45, 7) is 4.28. The monoisotopic (exact) mass is 690 g/mol. The van der Waals surface area contributed by atoms with Crippen molar-refractivity contribution in [2.75, 3.05) is 24.0 Å². The Bertz CT molecular complexity index is 2330. The van der Waals surface area contributed by atoms with E-state index < -0.39 is 0 Å². The molecule has 0 spiro atoms. The zero-order valence-electron chi connectivity index (χ0n) is 30.1. The Morgan fingerprint density at radius 2 is 1.08 bits per heavy atom. The van der Waals surface area contributed by atoms with Gasteiger partial charge in [0.2, 0.25) is 0 Å². The molecule has 0 heterocycles. The van der Waals surface area contributed by atoms with E-state index in [9.17, 15) is 0 Å². The number of para-hydroxylation sites is 2. The van der Waals surface area contributed by atoms with Gasteiger partial charge >= 0.3 is 0 Å². The number of benzene rings is 6. The maximum absolute atomic E-state index is 5.47. The predicted molar refractivity (Wildman–Crippen MR) is 224 cm³/mol. The summed E-state index contributed by atoms with van der Waals surface area (Å²) in [6.07, 6.45) is 17.5. The zero-order chi connectivity index (χ0) is 36.4. The Balaban J connectivity index is 1.13. The third-order valence-electron chi connectivity index (χ3n) is 9.12. The second-order valence-corrected chi connectivity index (χ2v) is 12.7. The summed E-state index contributed by atoms with van der Waals surface area (Å²) in [5, 5.41) is 2.30. The Morgan fingerprint density at radius 3 is 1.70 bits per heavy atom. The molecule has 6 aromatic rings. The molecule has 4 heteroatoms. The van der Waals surface area contributed by atoms with Gasteiger partial charge in [0, 0.05) is 34.1 Å². The van der Waals surface area contributed by atoms with E-state index in [1.165, 1.54) is 0 Å². The van der Waals surface area contributed by atoms with Crippen molar-refractivity contribution in [2.45, 2.75) is 6.42 Å². The largest absolute Gasteiger partial charge is 0.497 e. The molecule has 53 heavy (non-hydrogen) atoms. The fraction of sp³-hybridized carbons (Fsp3) is 0.0612. The van der Waals surface area contributed by atoms with Crippen LogP contribution >= 0.6 is 0 Å². The molecule has 0 unspecified atom stereocenters. The first-order valence-electron chi connectivity index (χ1n) is 17.7. The van der Waals surface area contributed by atoms with Crippen molar-refractivity contribution >= 4 is 51.4 Å². The molecule has 7 rings (SSSR count). The molecule has 0 saturated heterocycles. The third kappa shape index (κ3) is 8.41. The highest BCUT2D eigenvalue weighted by molar-refractivity contribution is 5.90. The summed E-state index contributed by atoms with van der Waals surface area (Å²) in [5.74, 6) is 1.68. The van der Waals surface area contributed by atoms with Crippen LogP contribution in [0.3, 0.4) is 0 Å². The molecule has 0 bridgehead atoms. The van der Waals surface area contributed by atoms with E-state index in [0.29, 0.717) is 0 Å². The van der Waals surface area contributed by atoms with Gasteiger partial charge in [-0.05, 0) is 131 Å². The maximum atomic E-state index is 5.47. The lowest BCUT2D eigenvalue weighted by atomic mass is 10.1. The standard InChI is InChI=1S/C49H42N2O2/c1-37-18-32-48(52-2)17-11-10-16-46(34-37)50(42-12-6-4-7-13-42)44-27-21-38(22-28-44)19-20-39-23-29-45(30-24-39)51(43-14-8-5-9-15-43)47-31-25-41-36-49(53-3)33-26-40(41)35-47/h4-10,12-36H,1,11H2,2-3H3/b16-10-,20-19+,32-18-,46-34?,48-17+. The summed E-state index contributed by atoms with van der Waals surface area (Å²) < 4.78 is 10.9. The van der Waals surface area contributed by atoms with Crippen molar-refractivity contribution in [3.63, 3.8) is 0 Å². The zero-order valence-corrected chi connectivity index (χ0v) is 30.1. The van der Waals surface area contributed by atoms with E-state index in [2.05, 4.69) is 180 Å². The van der Waals surface area contributed by atoms with E-state index in [-0.39, 0.29) is 0 Å². The molecule has 0 aromatic heterocycles. The summed E-state index contributed by atoms with van der Waals surface area (Å²) in [4.78, 5) is 4.55. The molecule has 0 aliphatic heterocycles. The van der Waals surface area contributed by atoms with Crippen LogP contribution in [-0.2, 0) is 4.74 Å². The van der Waals surface area contributed by atoms with Crippen LogP contribution in [0.5, 0.6) is 5.75 Å². The number of hydrogen-bond acceptors (Lipinski definition) is 4. The topological polar surface area (TPSA) is 24.9 Å². The van der Waals surface area contributed by atoms with Crippen LogP contribution < -0.4 is 14.5 Å². The number of allylic oxidation sites excluding steroid dienone is 7. The minimum atomic E-state index is 0.758. The summed E-state index contributed by atoms with van der Waals surface area (Å²) in [7, 11) is 3.39. The fourth-order valence-corrected chi connectivity index (χ4v) is 6.39. The van der Waals surface area contributed by atoms with Gasteiger partial charge in [-0.1, -0.05) is 104 Å². The van der Waals surface area contributed by atoms with Crippen molar-refractivity contribution in [2.24, 2.45) is 0 Å².